The molecule has 0 spiro atoms. The van der Waals surface area contributed by atoms with E-state index in [-0.39, 0.29) is 24.4 Å². The third-order valence-electron chi connectivity index (χ3n) is 3.39. The highest BCUT2D eigenvalue weighted by Crippen LogP contribution is 2.38. The zero-order chi connectivity index (χ0) is 15.4. The number of rotatable bonds is 5. The molecule has 1 saturated carbocycles. The van der Waals surface area contributed by atoms with E-state index in [1.807, 2.05) is 25.3 Å². The highest BCUT2D eigenvalue weighted by molar-refractivity contribution is 8.03. The molecule has 6 heteroatoms. The number of esters is 1. The van der Waals surface area contributed by atoms with E-state index in [2.05, 4.69) is 5.32 Å². The number of aryl methyl sites for hydroxylation is 1. The standard InChI is InChI=1S/C15H16N2O3S/c1-9-6-12(9)15(19)20-7-14(18)17-13-4-3-11(21-8-16)5-10(13)2/h3-5,9,12H,6-7H2,1-2H3,(H,17,18)/t9-,12-/m1/s1. The van der Waals surface area contributed by atoms with Gasteiger partial charge in [-0.25, -0.2) is 0 Å². The van der Waals surface area contributed by atoms with Crippen molar-refractivity contribution in [3.8, 4) is 5.40 Å². The lowest BCUT2D eigenvalue weighted by atomic mass is 10.2. The summed E-state index contributed by atoms with van der Waals surface area (Å²) in [5.74, 6) is -0.328. The van der Waals surface area contributed by atoms with E-state index in [9.17, 15) is 9.59 Å². The van der Waals surface area contributed by atoms with Gasteiger partial charge in [0.1, 0.15) is 5.40 Å². The Morgan fingerprint density at radius 1 is 1.52 bits per heavy atom. The SMILES string of the molecule is Cc1cc(SC#N)ccc1NC(=O)COC(=O)[C@@H]1C[C@H]1C. The number of hydrogen-bond acceptors (Lipinski definition) is 5. The molecule has 2 rings (SSSR count). The second kappa shape index (κ2) is 6.64. The third kappa shape index (κ3) is 4.23. The molecule has 2 atom stereocenters. The van der Waals surface area contributed by atoms with Gasteiger partial charge in [0.05, 0.1) is 5.92 Å². The lowest BCUT2D eigenvalue weighted by molar-refractivity contribution is -0.148. The first kappa shape index (κ1) is 15.4. The van der Waals surface area contributed by atoms with Crippen molar-refractivity contribution in [1.29, 1.82) is 5.26 Å². The van der Waals surface area contributed by atoms with Gasteiger partial charge in [0.15, 0.2) is 6.61 Å². The van der Waals surface area contributed by atoms with Crippen LogP contribution in [0.4, 0.5) is 5.69 Å². The van der Waals surface area contributed by atoms with Crippen molar-refractivity contribution in [2.45, 2.75) is 25.2 Å². The van der Waals surface area contributed by atoms with Gasteiger partial charge in [-0.05, 0) is 54.8 Å². The van der Waals surface area contributed by atoms with Gasteiger partial charge in [0.2, 0.25) is 0 Å². The van der Waals surface area contributed by atoms with Crippen LogP contribution in [-0.2, 0) is 14.3 Å². The molecule has 1 aliphatic carbocycles. The number of nitriles is 1. The predicted molar refractivity (Wildman–Crippen MR) is 79.5 cm³/mol. The van der Waals surface area contributed by atoms with Crippen LogP contribution < -0.4 is 5.32 Å². The zero-order valence-corrected chi connectivity index (χ0v) is 12.7. The minimum absolute atomic E-state index is 0.0400. The number of ether oxygens (including phenoxy) is 1. The Bertz CT molecular complexity index is 609. The molecule has 0 aliphatic heterocycles. The number of nitrogens with zero attached hydrogens (tertiary/aromatic N) is 1. The van der Waals surface area contributed by atoms with E-state index in [4.69, 9.17) is 10.00 Å². The van der Waals surface area contributed by atoms with Crippen molar-refractivity contribution in [2.75, 3.05) is 11.9 Å². The van der Waals surface area contributed by atoms with Crippen LogP contribution in [0.1, 0.15) is 18.9 Å². The monoisotopic (exact) mass is 304 g/mol. The number of carbonyl (C=O) groups is 2. The fraction of sp³-hybridized carbons (Fsp3) is 0.400. The van der Waals surface area contributed by atoms with Gasteiger partial charge in [-0.1, -0.05) is 6.92 Å². The number of thioether (sulfide) groups is 1. The quantitative estimate of drug-likeness (QED) is 0.514. The molecule has 110 valence electrons. The number of carbonyl (C=O) groups excluding carboxylic acids is 2. The predicted octanol–water partition coefficient (Wildman–Crippen LogP) is 2.71. The van der Waals surface area contributed by atoms with Crippen molar-refractivity contribution in [2.24, 2.45) is 11.8 Å². The molecule has 1 aliphatic rings. The van der Waals surface area contributed by atoms with Crippen LogP contribution in [0, 0.1) is 29.4 Å². The summed E-state index contributed by atoms with van der Waals surface area (Å²) in [6.45, 7) is 3.56. The van der Waals surface area contributed by atoms with Gasteiger partial charge in [0, 0.05) is 10.6 Å². The zero-order valence-electron chi connectivity index (χ0n) is 11.9. The Hall–Kier alpha value is -2.00. The number of anilines is 1. The lowest BCUT2D eigenvalue weighted by Gasteiger charge is -2.09. The van der Waals surface area contributed by atoms with Gasteiger partial charge >= 0.3 is 5.97 Å². The first-order valence-electron chi connectivity index (χ1n) is 6.64. The Labute approximate surface area is 127 Å². The van der Waals surface area contributed by atoms with Crippen LogP contribution in [0.5, 0.6) is 0 Å². The Morgan fingerprint density at radius 2 is 2.24 bits per heavy atom. The van der Waals surface area contributed by atoms with E-state index >= 15 is 0 Å². The van der Waals surface area contributed by atoms with Crippen molar-refractivity contribution in [3.63, 3.8) is 0 Å². The Kier molecular flexibility index (Phi) is 4.86. The van der Waals surface area contributed by atoms with Gasteiger partial charge in [-0.2, -0.15) is 5.26 Å². The molecule has 1 N–H and O–H groups in total. The lowest BCUT2D eigenvalue weighted by Crippen LogP contribution is -2.22. The fourth-order valence-electron chi connectivity index (χ4n) is 1.97. The van der Waals surface area contributed by atoms with Crippen molar-refractivity contribution in [1.82, 2.24) is 0 Å². The third-order valence-corrected chi connectivity index (χ3v) is 3.97. The first-order chi connectivity index (χ1) is 10.0. The van der Waals surface area contributed by atoms with Crippen LogP contribution in [0.3, 0.4) is 0 Å². The van der Waals surface area contributed by atoms with E-state index in [0.29, 0.717) is 11.6 Å². The van der Waals surface area contributed by atoms with Crippen LogP contribution in [0.15, 0.2) is 23.1 Å². The molecule has 0 bridgehead atoms. The summed E-state index contributed by atoms with van der Waals surface area (Å²) in [5.41, 5.74) is 1.50. The summed E-state index contributed by atoms with van der Waals surface area (Å²) in [6.07, 6.45) is 0.845. The average Bonchev–Trinajstić information content (AvgIpc) is 3.17. The molecule has 0 aromatic heterocycles. The molecule has 21 heavy (non-hydrogen) atoms. The van der Waals surface area contributed by atoms with Gasteiger partial charge in [-0.15, -0.1) is 0 Å². The molecule has 5 nitrogen and oxygen atoms in total. The Balaban J connectivity index is 1.85. The molecule has 1 aromatic rings. The van der Waals surface area contributed by atoms with Crippen molar-refractivity contribution in [3.05, 3.63) is 23.8 Å². The maximum absolute atomic E-state index is 11.8. The number of amides is 1. The van der Waals surface area contributed by atoms with E-state index in [0.717, 1.165) is 28.6 Å². The van der Waals surface area contributed by atoms with E-state index < -0.39 is 0 Å². The summed E-state index contributed by atoms with van der Waals surface area (Å²) in [7, 11) is 0. The van der Waals surface area contributed by atoms with Gasteiger partial charge in [0.25, 0.3) is 5.91 Å². The number of hydrogen-bond donors (Lipinski definition) is 1. The molecule has 0 radical (unpaired) electrons. The molecular weight excluding hydrogens is 288 g/mol. The summed E-state index contributed by atoms with van der Waals surface area (Å²) in [6, 6.07) is 5.31. The summed E-state index contributed by atoms with van der Waals surface area (Å²) in [5, 5.41) is 13.3. The normalized spacial score (nSPS) is 19.5. The van der Waals surface area contributed by atoms with Crippen molar-refractivity contribution >= 4 is 29.3 Å². The van der Waals surface area contributed by atoms with Gasteiger partial charge in [-0.3, -0.25) is 9.59 Å². The fourth-order valence-corrected chi connectivity index (χ4v) is 2.45. The average molecular weight is 304 g/mol. The maximum Gasteiger partial charge on any atom is 0.309 e. The van der Waals surface area contributed by atoms with Crippen LogP contribution >= 0.6 is 11.8 Å². The second-order valence-electron chi connectivity index (χ2n) is 5.15. The topological polar surface area (TPSA) is 79.2 Å². The molecular formula is C15H16N2O3S. The van der Waals surface area contributed by atoms with Crippen LogP contribution in [0.25, 0.3) is 0 Å². The number of benzene rings is 1. The van der Waals surface area contributed by atoms with Crippen LogP contribution in [-0.4, -0.2) is 18.5 Å². The maximum atomic E-state index is 11.8. The summed E-state index contributed by atoms with van der Waals surface area (Å²) >= 11 is 1.07. The van der Waals surface area contributed by atoms with Crippen LogP contribution in [0.2, 0.25) is 0 Å². The highest BCUT2D eigenvalue weighted by atomic mass is 32.2. The van der Waals surface area contributed by atoms with Gasteiger partial charge < -0.3 is 10.1 Å². The Morgan fingerprint density at radius 3 is 2.81 bits per heavy atom. The second-order valence-corrected chi connectivity index (χ2v) is 6.00. The number of thiocyanates is 1. The number of nitrogens with one attached hydrogen (secondary N) is 1. The minimum atomic E-state index is -0.361. The minimum Gasteiger partial charge on any atom is -0.455 e. The smallest absolute Gasteiger partial charge is 0.309 e. The van der Waals surface area contributed by atoms with E-state index in [1.165, 1.54) is 0 Å². The molecule has 0 unspecified atom stereocenters. The summed E-state index contributed by atoms with van der Waals surface area (Å²) in [4.78, 5) is 24.1. The first-order valence-corrected chi connectivity index (χ1v) is 7.46. The molecule has 1 amide bonds. The molecule has 1 fully saturated rings. The molecule has 0 saturated heterocycles. The molecule has 0 heterocycles. The summed E-state index contributed by atoms with van der Waals surface area (Å²) < 4.78 is 4.97. The molecule has 1 aromatic carbocycles. The largest absolute Gasteiger partial charge is 0.455 e. The van der Waals surface area contributed by atoms with E-state index in [1.54, 1.807) is 12.1 Å². The highest BCUT2D eigenvalue weighted by Gasteiger charge is 2.40. The van der Waals surface area contributed by atoms with Crippen molar-refractivity contribution < 1.29 is 14.3 Å².